The number of aromatic nitrogens is 1. The number of benzene rings is 4. The van der Waals surface area contributed by atoms with Crippen LogP contribution in [0.5, 0.6) is 11.6 Å². The Balaban J connectivity index is 1.41. The molecular weight excluding hydrogens is 438 g/mol. The van der Waals surface area contributed by atoms with E-state index in [-0.39, 0.29) is 0 Å². The highest BCUT2D eigenvalue weighted by Crippen LogP contribution is 2.35. The van der Waals surface area contributed by atoms with Gasteiger partial charge in [0.15, 0.2) is 0 Å². The standard InChI is InChI=1S/C30H27NO4/c1-21-14-16-22(17-15-21)20-26-25-11-4-5-12-27(25)31(29(26)35-30(32)33)18-7-19-34-28-13-6-9-23-8-2-3-10-24(23)28/h2-6,8-17H,7,18-20H2,1H3,(H,32,33). The molecule has 0 saturated heterocycles. The van der Waals surface area contributed by atoms with E-state index in [1.165, 1.54) is 5.56 Å². The van der Waals surface area contributed by atoms with E-state index in [1.807, 2.05) is 53.1 Å². The number of hydrogen-bond donors (Lipinski definition) is 1. The lowest BCUT2D eigenvalue weighted by Gasteiger charge is -2.12. The zero-order chi connectivity index (χ0) is 24.2. The van der Waals surface area contributed by atoms with Gasteiger partial charge in [0.2, 0.25) is 5.88 Å². The lowest BCUT2D eigenvalue weighted by molar-refractivity contribution is 0.140. The molecule has 5 aromatic rings. The molecular formula is C30H27NO4. The van der Waals surface area contributed by atoms with Gasteiger partial charge in [0.05, 0.1) is 12.1 Å². The Morgan fingerprint density at radius 2 is 1.57 bits per heavy atom. The van der Waals surface area contributed by atoms with Crippen molar-refractivity contribution in [1.82, 2.24) is 4.57 Å². The molecule has 5 nitrogen and oxygen atoms in total. The van der Waals surface area contributed by atoms with Crippen LogP contribution >= 0.6 is 0 Å². The summed E-state index contributed by atoms with van der Waals surface area (Å²) in [6.45, 7) is 3.12. The molecule has 0 amide bonds. The maximum absolute atomic E-state index is 11.6. The van der Waals surface area contributed by atoms with Gasteiger partial charge in [-0.3, -0.25) is 0 Å². The Morgan fingerprint density at radius 3 is 2.37 bits per heavy atom. The molecule has 0 aliphatic heterocycles. The molecule has 1 heterocycles. The van der Waals surface area contributed by atoms with E-state index in [4.69, 9.17) is 9.47 Å². The van der Waals surface area contributed by atoms with Crippen LogP contribution in [0.2, 0.25) is 0 Å². The van der Waals surface area contributed by atoms with Gasteiger partial charge >= 0.3 is 6.16 Å². The van der Waals surface area contributed by atoms with Gasteiger partial charge in [0.1, 0.15) is 5.75 Å². The molecule has 1 N–H and O–H groups in total. The first-order valence-electron chi connectivity index (χ1n) is 11.8. The fourth-order valence-corrected chi connectivity index (χ4v) is 4.58. The largest absolute Gasteiger partial charge is 0.512 e. The lowest BCUT2D eigenvalue weighted by atomic mass is 10.0. The van der Waals surface area contributed by atoms with Crippen LogP contribution < -0.4 is 9.47 Å². The van der Waals surface area contributed by atoms with E-state index in [9.17, 15) is 9.90 Å². The predicted molar refractivity (Wildman–Crippen MR) is 139 cm³/mol. The number of rotatable bonds is 8. The van der Waals surface area contributed by atoms with Crippen LogP contribution in [0.3, 0.4) is 0 Å². The molecule has 0 unspecified atom stereocenters. The van der Waals surface area contributed by atoms with Gasteiger partial charge in [-0.25, -0.2) is 4.79 Å². The number of nitrogens with zero attached hydrogens (tertiary/aromatic N) is 1. The molecule has 0 bridgehead atoms. The van der Waals surface area contributed by atoms with Crippen LogP contribution in [-0.4, -0.2) is 22.4 Å². The molecule has 0 saturated carbocycles. The van der Waals surface area contributed by atoms with E-state index < -0.39 is 6.16 Å². The van der Waals surface area contributed by atoms with Crippen molar-refractivity contribution >= 4 is 27.8 Å². The van der Waals surface area contributed by atoms with Crippen LogP contribution in [-0.2, 0) is 13.0 Å². The second kappa shape index (κ2) is 9.94. The number of fused-ring (bicyclic) bond motifs is 2. The number of ether oxygens (including phenoxy) is 2. The third kappa shape index (κ3) is 4.85. The summed E-state index contributed by atoms with van der Waals surface area (Å²) < 4.78 is 13.4. The maximum atomic E-state index is 11.6. The topological polar surface area (TPSA) is 60.7 Å². The summed E-state index contributed by atoms with van der Waals surface area (Å²) in [6.07, 6.45) is -0.0312. The van der Waals surface area contributed by atoms with Crippen LogP contribution in [0.4, 0.5) is 4.79 Å². The molecule has 0 aliphatic carbocycles. The monoisotopic (exact) mass is 465 g/mol. The zero-order valence-electron chi connectivity index (χ0n) is 19.6. The van der Waals surface area contributed by atoms with Crippen molar-refractivity contribution in [3.63, 3.8) is 0 Å². The van der Waals surface area contributed by atoms with E-state index in [0.29, 0.717) is 31.9 Å². The Bertz CT molecular complexity index is 1480. The average Bonchev–Trinajstić information content (AvgIpc) is 3.15. The highest BCUT2D eigenvalue weighted by Gasteiger charge is 2.21. The van der Waals surface area contributed by atoms with Crippen molar-refractivity contribution in [2.75, 3.05) is 6.61 Å². The van der Waals surface area contributed by atoms with Crippen molar-refractivity contribution < 1.29 is 19.4 Å². The smallest absolute Gasteiger partial charge is 0.493 e. The number of para-hydroxylation sites is 1. The number of carboxylic acid groups (broad SMARTS) is 1. The first kappa shape index (κ1) is 22.5. The first-order chi connectivity index (χ1) is 17.1. The summed E-state index contributed by atoms with van der Waals surface area (Å²) in [7, 11) is 0. The van der Waals surface area contributed by atoms with Crippen molar-refractivity contribution in [1.29, 1.82) is 0 Å². The first-order valence-corrected chi connectivity index (χ1v) is 11.8. The minimum Gasteiger partial charge on any atom is -0.493 e. The third-order valence-electron chi connectivity index (χ3n) is 6.24. The van der Waals surface area contributed by atoms with Crippen LogP contribution in [0, 0.1) is 6.92 Å². The Morgan fingerprint density at radius 1 is 0.857 bits per heavy atom. The van der Waals surface area contributed by atoms with Crippen molar-refractivity contribution in [2.45, 2.75) is 26.3 Å². The van der Waals surface area contributed by atoms with E-state index >= 15 is 0 Å². The van der Waals surface area contributed by atoms with Gasteiger partial charge in [-0.05, 0) is 36.4 Å². The second-order valence-corrected chi connectivity index (χ2v) is 8.66. The minimum atomic E-state index is -1.31. The highest BCUT2D eigenvalue weighted by atomic mass is 16.7. The molecule has 4 aromatic carbocycles. The Hall–Kier alpha value is -4.25. The summed E-state index contributed by atoms with van der Waals surface area (Å²) in [6, 6.07) is 30.4. The van der Waals surface area contributed by atoms with Crippen LogP contribution in [0.25, 0.3) is 21.7 Å². The molecule has 0 aliphatic rings. The summed E-state index contributed by atoms with van der Waals surface area (Å²) >= 11 is 0. The summed E-state index contributed by atoms with van der Waals surface area (Å²) in [4.78, 5) is 11.6. The fraction of sp³-hybridized carbons (Fsp3) is 0.167. The van der Waals surface area contributed by atoms with E-state index in [2.05, 4.69) is 49.4 Å². The quantitative estimate of drug-likeness (QED) is 0.194. The molecule has 0 spiro atoms. The van der Waals surface area contributed by atoms with Gasteiger partial charge in [0, 0.05) is 29.3 Å². The number of carbonyl (C=O) groups is 1. The van der Waals surface area contributed by atoms with Gasteiger partial charge in [0.25, 0.3) is 0 Å². The van der Waals surface area contributed by atoms with Crippen LogP contribution in [0.1, 0.15) is 23.1 Å². The molecule has 176 valence electrons. The Labute approximate surface area is 204 Å². The molecule has 1 aromatic heterocycles. The lowest BCUT2D eigenvalue weighted by Crippen LogP contribution is -2.11. The van der Waals surface area contributed by atoms with Gasteiger partial charge in [-0.1, -0.05) is 84.4 Å². The minimum absolute atomic E-state index is 0.379. The second-order valence-electron chi connectivity index (χ2n) is 8.66. The number of hydrogen-bond acceptors (Lipinski definition) is 3. The van der Waals surface area contributed by atoms with Crippen molar-refractivity contribution in [3.8, 4) is 11.6 Å². The highest BCUT2D eigenvalue weighted by molar-refractivity contribution is 5.89. The van der Waals surface area contributed by atoms with Gasteiger partial charge < -0.3 is 19.1 Å². The van der Waals surface area contributed by atoms with Gasteiger partial charge in [-0.15, -0.1) is 0 Å². The van der Waals surface area contributed by atoms with E-state index in [0.717, 1.165) is 38.6 Å². The summed E-state index contributed by atoms with van der Waals surface area (Å²) in [5.41, 5.74) is 4.12. The molecule has 35 heavy (non-hydrogen) atoms. The zero-order valence-corrected chi connectivity index (χ0v) is 19.6. The SMILES string of the molecule is Cc1ccc(Cc2c(OC(=O)O)n(CCCOc3cccc4ccccc34)c3ccccc23)cc1. The van der Waals surface area contributed by atoms with Crippen molar-refractivity contribution in [3.05, 3.63) is 108 Å². The average molecular weight is 466 g/mol. The van der Waals surface area contributed by atoms with E-state index in [1.54, 1.807) is 0 Å². The molecule has 0 atom stereocenters. The normalized spacial score (nSPS) is 11.1. The van der Waals surface area contributed by atoms with Crippen LogP contribution in [0.15, 0.2) is 91.0 Å². The predicted octanol–water partition coefficient (Wildman–Crippen LogP) is 7.22. The Kier molecular flexibility index (Phi) is 6.40. The fourth-order valence-electron chi connectivity index (χ4n) is 4.58. The third-order valence-corrected chi connectivity index (χ3v) is 6.24. The molecule has 0 radical (unpaired) electrons. The van der Waals surface area contributed by atoms with Gasteiger partial charge in [-0.2, -0.15) is 0 Å². The molecule has 5 rings (SSSR count). The summed E-state index contributed by atoms with van der Waals surface area (Å²) in [5, 5.41) is 12.7. The molecule has 0 fully saturated rings. The molecule has 5 heteroatoms. The number of aryl methyl sites for hydroxylation is 2. The summed E-state index contributed by atoms with van der Waals surface area (Å²) in [5.74, 6) is 1.23. The maximum Gasteiger partial charge on any atom is 0.512 e. The van der Waals surface area contributed by atoms with Crippen molar-refractivity contribution in [2.24, 2.45) is 0 Å².